The van der Waals surface area contributed by atoms with Crippen LogP contribution in [0.2, 0.25) is 0 Å². The van der Waals surface area contributed by atoms with Gasteiger partial charge in [0.2, 0.25) is 0 Å². The quantitative estimate of drug-likeness (QED) is 0.796. The topological polar surface area (TPSA) is 115 Å². The van der Waals surface area contributed by atoms with E-state index in [0.717, 1.165) is 30.9 Å². The third-order valence-corrected chi connectivity index (χ3v) is 5.49. The van der Waals surface area contributed by atoms with Gasteiger partial charge in [0.15, 0.2) is 11.9 Å². The molecule has 9 heteroatoms. The number of aliphatic carboxylic acids is 1. The van der Waals surface area contributed by atoms with Crippen molar-refractivity contribution in [3.05, 3.63) is 42.0 Å². The molecule has 1 atom stereocenters. The van der Waals surface area contributed by atoms with Crippen LogP contribution < -0.4 is 5.01 Å². The minimum atomic E-state index is -0.990. The first-order valence-electron chi connectivity index (χ1n) is 9.91. The number of likely N-dealkylation sites (tertiary alicyclic amines) is 1. The second-order valence-corrected chi connectivity index (χ2v) is 7.35. The summed E-state index contributed by atoms with van der Waals surface area (Å²) in [4.78, 5) is 30.9. The SMILES string of the molecule is CCc1nc(C2CCN(C(=O)C3=NN(c4ccccc4)C(C(=O)O)C3)CC2)n[nH]1. The molecule has 1 aromatic heterocycles. The molecule has 3 heterocycles. The lowest BCUT2D eigenvalue weighted by Crippen LogP contribution is -2.42. The van der Waals surface area contributed by atoms with Crippen LogP contribution in [0, 0.1) is 0 Å². The molecule has 0 bridgehead atoms. The molecule has 0 saturated carbocycles. The molecule has 4 rings (SSSR count). The molecule has 1 amide bonds. The highest BCUT2D eigenvalue weighted by Gasteiger charge is 2.38. The van der Waals surface area contributed by atoms with Gasteiger partial charge in [0.05, 0.1) is 5.69 Å². The third-order valence-electron chi connectivity index (χ3n) is 5.49. The van der Waals surface area contributed by atoms with Gasteiger partial charge in [0.25, 0.3) is 5.91 Å². The Morgan fingerprint density at radius 2 is 1.93 bits per heavy atom. The zero-order chi connectivity index (χ0) is 20.4. The van der Waals surface area contributed by atoms with Gasteiger partial charge in [0, 0.05) is 31.8 Å². The van der Waals surface area contributed by atoms with E-state index >= 15 is 0 Å². The number of carbonyl (C=O) groups excluding carboxylic acids is 1. The van der Waals surface area contributed by atoms with E-state index < -0.39 is 12.0 Å². The average Bonchev–Trinajstić information content (AvgIpc) is 3.41. The molecular weight excluding hydrogens is 372 g/mol. The number of aromatic nitrogens is 3. The molecule has 9 nitrogen and oxygen atoms in total. The number of nitrogens with zero attached hydrogens (tertiary/aromatic N) is 5. The molecule has 1 unspecified atom stereocenters. The first kappa shape index (κ1) is 19.1. The van der Waals surface area contributed by atoms with Gasteiger partial charge in [-0.2, -0.15) is 10.2 Å². The van der Waals surface area contributed by atoms with Crippen molar-refractivity contribution in [2.45, 2.75) is 44.6 Å². The maximum Gasteiger partial charge on any atom is 0.328 e. The number of carbonyl (C=O) groups is 2. The monoisotopic (exact) mass is 396 g/mol. The van der Waals surface area contributed by atoms with Crippen molar-refractivity contribution >= 4 is 23.3 Å². The van der Waals surface area contributed by atoms with Crippen LogP contribution in [0.1, 0.15) is 43.8 Å². The summed E-state index contributed by atoms with van der Waals surface area (Å²) in [6.45, 7) is 3.19. The molecule has 1 fully saturated rings. The van der Waals surface area contributed by atoms with Crippen molar-refractivity contribution in [2.75, 3.05) is 18.1 Å². The predicted octanol–water partition coefficient (Wildman–Crippen LogP) is 1.79. The minimum absolute atomic E-state index is 0.101. The minimum Gasteiger partial charge on any atom is -0.480 e. The molecule has 0 spiro atoms. The number of amides is 1. The van der Waals surface area contributed by atoms with Crippen LogP contribution in [0.15, 0.2) is 35.4 Å². The van der Waals surface area contributed by atoms with Crippen LogP contribution in [-0.4, -0.2) is 61.9 Å². The molecule has 152 valence electrons. The molecule has 1 saturated heterocycles. The maximum atomic E-state index is 13.0. The first-order chi connectivity index (χ1) is 14.1. The number of para-hydroxylation sites is 1. The Morgan fingerprint density at radius 1 is 1.21 bits per heavy atom. The summed E-state index contributed by atoms with van der Waals surface area (Å²) in [6.07, 6.45) is 2.48. The zero-order valence-electron chi connectivity index (χ0n) is 16.3. The van der Waals surface area contributed by atoms with Gasteiger partial charge in [0.1, 0.15) is 11.5 Å². The number of carboxylic acids is 1. The summed E-state index contributed by atoms with van der Waals surface area (Å²) < 4.78 is 0. The largest absolute Gasteiger partial charge is 0.480 e. The standard InChI is InChI=1S/C20H24N6O3/c1-2-17-21-18(23-22-17)13-8-10-25(11-9-13)19(27)15-12-16(20(28)29)26(24-15)14-6-4-3-5-7-14/h3-7,13,16H,2,8-12H2,1H3,(H,28,29)(H,21,22,23). The van der Waals surface area contributed by atoms with Crippen LogP contribution in [-0.2, 0) is 16.0 Å². The fraction of sp³-hybridized carbons (Fsp3) is 0.450. The van der Waals surface area contributed by atoms with Gasteiger partial charge < -0.3 is 10.0 Å². The van der Waals surface area contributed by atoms with Gasteiger partial charge in [-0.1, -0.05) is 25.1 Å². The number of H-pyrrole nitrogens is 1. The van der Waals surface area contributed by atoms with Gasteiger partial charge in [-0.25, -0.2) is 9.78 Å². The van der Waals surface area contributed by atoms with Gasteiger partial charge in [-0.3, -0.25) is 14.9 Å². The highest BCUT2D eigenvalue weighted by molar-refractivity contribution is 6.40. The summed E-state index contributed by atoms with van der Waals surface area (Å²) in [5.74, 6) is 0.745. The number of piperidine rings is 1. The van der Waals surface area contributed by atoms with Crippen molar-refractivity contribution in [3.8, 4) is 0 Å². The van der Waals surface area contributed by atoms with Crippen LogP contribution in [0.3, 0.4) is 0 Å². The fourth-order valence-corrected chi connectivity index (χ4v) is 3.82. The van der Waals surface area contributed by atoms with Gasteiger partial charge in [-0.05, 0) is 25.0 Å². The second-order valence-electron chi connectivity index (χ2n) is 7.35. The van der Waals surface area contributed by atoms with Crippen molar-refractivity contribution in [1.29, 1.82) is 0 Å². The molecule has 0 radical (unpaired) electrons. The smallest absolute Gasteiger partial charge is 0.328 e. The van der Waals surface area contributed by atoms with Gasteiger partial charge in [-0.15, -0.1) is 0 Å². The number of anilines is 1. The molecule has 1 aromatic carbocycles. The molecule has 2 N–H and O–H groups in total. The Bertz CT molecular complexity index is 917. The molecule has 29 heavy (non-hydrogen) atoms. The lowest BCUT2D eigenvalue weighted by Gasteiger charge is -2.30. The Morgan fingerprint density at radius 3 is 2.55 bits per heavy atom. The van der Waals surface area contributed by atoms with E-state index in [1.54, 1.807) is 17.0 Å². The lowest BCUT2D eigenvalue weighted by atomic mass is 9.95. The summed E-state index contributed by atoms with van der Waals surface area (Å²) in [5.41, 5.74) is 0.962. The number of benzene rings is 1. The van der Waals surface area contributed by atoms with E-state index in [1.165, 1.54) is 5.01 Å². The van der Waals surface area contributed by atoms with Crippen molar-refractivity contribution in [2.24, 2.45) is 5.10 Å². The van der Waals surface area contributed by atoms with E-state index in [2.05, 4.69) is 20.3 Å². The predicted molar refractivity (Wildman–Crippen MR) is 107 cm³/mol. The van der Waals surface area contributed by atoms with Crippen LogP contribution in [0.5, 0.6) is 0 Å². The van der Waals surface area contributed by atoms with E-state index in [0.29, 0.717) is 24.5 Å². The molecule has 2 aromatic rings. The van der Waals surface area contributed by atoms with Crippen molar-refractivity contribution in [1.82, 2.24) is 20.1 Å². The molecule has 2 aliphatic rings. The van der Waals surface area contributed by atoms with Gasteiger partial charge >= 0.3 is 5.97 Å². The number of hydrogen-bond acceptors (Lipinski definition) is 6. The Labute approximate surface area is 168 Å². The number of hydrazone groups is 1. The van der Waals surface area contributed by atoms with Crippen molar-refractivity contribution < 1.29 is 14.7 Å². The number of nitrogens with one attached hydrogen (secondary N) is 1. The maximum absolute atomic E-state index is 13.0. The third kappa shape index (κ3) is 3.85. The molecule has 2 aliphatic heterocycles. The van der Waals surface area contributed by atoms with E-state index in [-0.39, 0.29) is 18.2 Å². The Hall–Kier alpha value is -3.23. The molecular formula is C20H24N6O3. The molecule has 0 aliphatic carbocycles. The van der Waals surface area contributed by atoms with E-state index in [9.17, 15) is 14.7 Å². The average molecular weight is 396 g/mol. The second kappa shape index (κ2) is 8.02. The summed E-state index contributed by atoms with van der Waals surface area (Å²) in [6, 6.07) is 8.21. The highest BCUT2D eigenvalue weighted by atomic mass is 16.4. The van der Waals surface area contributed by atoms with Crippen molar-refractivity contribution in [3.63, 3.8) is 0 Å². The number of carboxylic acid groups (broad SMARTS) is 1. The normalized spacial score (nSPS) is 20.0. The highest BCUT2D eigenvalue weighted by Crippen LogP contribution is 2.28. The summed E-state index contributed by atoms with van der Waals surface area (Å²) in [7, 11) is 0. The summed E-state index contributed by atoms with van der Waals surface area (Å²) >= 11 is 0. The number of aryl methyl sites for hydroxylation is 1. The first-order valence-corrected chi connectivity index (χ1v) is 9.91. The zero-order valence-corrected chi connectivity index (χ0v) is 16.3. The lowest BCUT2D eigenvalue weighted by molar-refractivity contribution is -0.138. The number of hydrogen-bond donors (Lipinski definition) is 2. The van der Waals surface area contributed by atoms with Crippen LogP contribution in [0.4, 0.5) is 5.69 Å². The Kier molecular flexibility index (Phi) is 5.28. The number of rotatable bonds is 5. The van der Waals surface area contributed by atoms with Crippen LogP contribution >= 0.6 is 0 Å². The van der Waals surface area contributed by atoms with E-state index in [4.69, 9.17) is 0 Å². The summed E-state index contributed by atoms with van der Waals surface area (Å²) in [5, 5.41) is 22.6. The van der Waals surface area contributed by atoms with E-state index in [1.807, 2.05) is 25.1 Å². The van der Waals surface area contributed by atoms with Crippen LogP contribution in [0.25, 0.3) is 0 Å². The number of aromatic amines is 1. The fourth-order valence-electron chi connectivity index (χ4n) is 3.82. The Balaban J connectivity index is 1.43.